The summed E-state index contributed by atoms with van der Waals surface area (Å²) in [5.41, 5.74) is -1.20. The van der Waals surface area contributed by atoms with Crippen molar-refractivity contribution in [3.8, 4) is 0 Å². The van der Waals surface area contributed by atoms with E-state index in [0.29, 0.717) is 17.0 Å². The lowest BCUT2D eigenvalue weighted by Crippen LogP contribution is -2.39. The Labute approximate surface area is 148 Å². The number of aromatic nitrogens is 2. The monoisotopic (exact) mass is 394 g/mol. The molecule has 4 nitrogen and oxygen atoms in total. The van der Waals surface area contributed by atoms with E-state index in [1.807, 2.05) is 0 Å². The number of nitrogens with zero attached hydrogens (tertiary/aromatic N) is 4. The van der Waals surface area contributed by atoms with Crippen LogP contribution in [0.2, 0.25) is 0 Å². The van der Waals surface area contributed by atoms with Crippen LogP contribution in [0.3, 0.4) is 0 Å². The predicted molar refractivity (Wildman–Crippen MR) is 81.6 cm³/mol. The minimum atomic E-state index is -4.67. The van der Waals surface area contributed by atoms with Crippen LogP contribution in [0.15, 0.2) is 41.0 Å². The van der Waals surface area contributed by atoms with Crippen LogP contribution in [0.5, 0.6) is 0 Å². The van der Waals surface area contributed by atoms with Gasteiger partial charge in [0.1, 0.15) is 29.2 Å². The summed E-state index contributed by atoms with van der Waals surface area (Å²) in [4.78, 5) is 8.25. The summed E-state index contributed by atoms with van der Waals surface area (Å²) in [6.07, 6.45) is -1.06. The average molecular weight is 395 g/mol. The van der Waals surface area contributed by atoms with Crippen molar-refractivity contribution >= 4 is 23.4 Å². The topological polar surface area (TPSA) is 33.4 Å². The van der Waals surface area contributed by atoms with Gasteiger partial charge in [-0.3, -0.25) is 4.57 Å². The molecule has 2 aromatic rings. The molecule has 2 heterocycles. The van der Waals surface area contributed by atoms with Crippen molar-refractivity contribution in [2.24, 2.45) is 4.99 Å². The Morgan fingerprint density at radius 3 is 2.31 bits per heavy atom. The molecule has 1 aromatic carbocycles. The number of hydrogen-bond acceptors (Lipinski definition) is 3. The SMILES string of the molecule is Fc1cc(F)c(C2=C(Cl)N(CC(F)(F)F)C(n3ccnc3)N=C2)c(F)c1. The number of alkyl halides is 3. The first-order chi connectivity index (χ1) is 12.2. The molecule has 0 amide bonds. The second kappa shape index (κ2) is 6.67. The molecule has 1 aliphatic rings. The van der Waals surface area contributed by atoms with Gasteiger partial charge in [0.15, 0.2) is 0 Å². The highest BCUT2D eigenvalue weighted by Crippen LogP contribution is 2.37. The molecular weight excluding hydrogens is 386 g/mol. The first-order valence-electron chi connectivity index (χ1n) is 7.06. The molecule has 0 aliphatic carbocycles. The average Bonchev–Trinajstić information content (AvgIpc) is 3.02. The van der Waals surface area contributed by atoms with E-state index in [2.05, 4.69) is 9.98 Å². The van der Waals surface area contributed by atoms with Gasteiger partial charge in [0.25, 0.3) is 0 Å². The molecule has 26 heavy (non-hydrogen) atoms. The van der Waals surface area contributed by atoms with E-state index >= 15 is 0 Å². The molecule has 1 aliphatic heterocycles. The fraction of sp³-hybridized carbons (Fsp3) is 0.200. The van der Waals surface area contributed by atoms with Gasteiger partial charge in [0.2, 0.25) is 6.29 Å². The van der Waals surface area contributed by atoms with Crippen LogP contribution in [0, 0.1) is 17.5 Å². The molecule has 11 heteroatoms. The molecule has 0 saturated heterocycles. The fourth-order valence-corrected chi connectivity index (χ4v) is 2.78. The quantitative estimate of drug-likeness (QED) is 0.574. The number of imidazole rings is 1. The molecular formula is C15H9ClF6N4. The van der Waals surface area contributed by atoms with E-state index in [9.17, 15) is 26.3 Å². The summed E-state index contributed by atoms with van der Waals surface area (Å²) in [6.45, 7) is -1.53. The zero-order valence-corrected chi connectivity index (χ0v) is 13.4. The third-order valence-electron chi connectivity index (χ3n) is 3.51. The summed E-state index contributed by atoms with van der Waals surface area (Å²) in [5.74, 6) is -3.79. The van der Waals surface area contributed by atoms with Gasteiger partial charge in [-0.2, -0.15) is 13.2 Å². The number of allylic oxidation sites excluding steroid dienone is 1. The smallest absolute Gasteiger partial charge is 0.313 e. The normalized spacial score (nSPS) is 18.0. The minimum absolute atomic E-state index is 0.402. The maximum absolute atomic E-state index is 14.0. The summed E-state index contributed by atoms with van der Waals surface area (Å²) in [5, 5.41) is -0.583. The highest BCUT2D eigenvalue weighted by atomic mass is 35.5. The molecule has 0 saturated carbocycles. The van der Waals surface area contributed by atoms with E-state index in [1.165, 1.54) is 23.3 Å². The van der Waals surface area contributed by atoms with Gasteiger partial charge >= 0.3 is 6.18 Å². The molecule has 1 unspecified atom stereocenters. The Morgan fingerprint density at radius 1 is 1.12 bits per heavy atom. The summed E-state index contributed by atoms with van der Waals surface area (Å²) >= 11 is 6.04. The van der Waals surface area contributed by atoms with Crippen molar-refractivity contribution in [3.05, 3.63) is 59.0 Å². The Hall–Kier alpha value is -2.49. The van der Waals surface area contributed by atoms with Crippen molar-refractivity contribution in [2.75, 3.05) is 6.54 Å². The zero-order valence-electron chi connectivity index (χ0n) is 12.7. The second-order valence-corrected chi connectivity index (χ2v) is 5.68. The van der Waals surface area contributed by atoms with Crippen molar-refractivity contribution in [3.63, 3.8) is 0 Å². The van der Waals surface area contributed by atoms with Crippen LogP contribution < -0.4 is 0 Å². The van der Waals surface area contributed by atoms with Crippen molar-refractivity contribution in [1.82, 2.24) is 14.5 Å². The Morgan fingerprint density at radius 2 is 1.77 bits per heavy atom. The number of hydrogen-bond donors (Lipinski definition) is 0. The van der Waals surface area contributed by atoms with E-state index in [4.69, 9.17) is 11.6 Å². The number of benzene rings is 1. The highest BCUT2D eigenvalue weighted by Gasteiger charge is 2.38. The van der Waals surface area contributed by atoms with Gasteiger partial charge in [-0.15, -0.1) is 0 Å². The lowest BCUT2D eigenvalue weighted by molar-refractivity contribution is -0.148. The van der Waals surface area contributed by atoms with Gasteiger partial charge in [0.05, 0.1) is 11.9 Å². The van der Waals surface area contributed by atoms with Gasteiger partial charge in [-0.1, -0.05) is 11.6 Å². The molecule has 3 rings (SSSR count). The zero-order chi connectivity index (χ0) is 19.1. The summed E-state index contributed by atoms with van der Waals surface area (Å²) in [6, 6.07) is 0.805. The maximum Gasteiger partial charge on any atom is 0.406 e. The van der Waals surface area contributed by atoms with Crippen LogP contribution in [0.25, 0.3) is 5.57 Å². The molecule has 0 spiro atoms. The highest BCUT2D eigenvalue weighted by molar-refractivity contribution is 6.37. The fourth-order valence-electron chi connectivity index (χ4n) is 2.49. The first-order valence-corrected chi connectivity index (χ1v) is 7.44. The van der Waals surface area contributed by atoms with E-state index in [1.54, 1.807) is 0 Å². The van der Waals surface area contributed by atoms with Gasteiger partial charge < -0.3 is 4.90 Å². The maximum atomic E-state index is 14.0. The van der Waals surface area contributed by atoms with Gasteiger partial charge in [-0.25, -0.2) is 23.1 Å². The van der Waals surface area contributed by atoms with Crippen LogP contribution in [0.1, 0.15) is 11.9 Å². The van der Waals surface area contributed by atoms with E-state index in [-0.39, 0.29) is 0 Å². The Bertz CT molecular complexity index is 852. The first kappa shape index (κ1) is 18.3. The van der Waals surface area contributed by atoms with Gasteiger partial charge in [0, 0.05) is 36.3 Å². The van der Waals surface area contributed by atoms with E-state index in [0.717, 1.165) is 6.21 Å². The molecule has 0 bridgehead atoms. The standard InChI is InChI=1S/C15H9ClF6N4/c16-13-9(12-10(18)3-8(17)4-11(12)19)5-24-14(25-2-1-23-7-25)26(13)6-15(20,21)22/h1-5,7,14H,6H2. The molecule has 1 atom stereocenters. The third-order valence-corrected chi connectivity index (χ3v) is 3.93. The minimum Gasteiger partial charge on any atom is -0.313 e. The largest absolute Gasteiger partial charge is 0.406 e. The second-order valence-electron chi connectivity index (χ2n) is 5.33. The van der Waals surface area contributed by atoms with Gasteiger partial charge in [-0.05, 0) is 0 Å². The summed E-state index contributed by atoms with van der Waals surface area (Å²) < 4.78 is 81.3. The molecule has 0 fully saturated rings. The number of rotatable bonds is 3. The predicted octanol–water partition coefficient (Wildman–Crippen LogP) is 4.31. The van der Waals surface area contributed by atoms with E-state index < -0.39 is 52.8 Å². The third kappa shape index (κ3) is 3.55. The van der Waals surface area contributed by atoms with Crippen LogP contribution >= 0.6 is 11.6 Å². The van der Waals surface area contributed by atoms with Crippen molar-refractivity contribution in [2.45, 2.75) is 12.5 Å². The van der Waals surface area contributed by atoms with Crippen LogP contribution in [-0.2, 0) is 0 Å². The van der Waals surface area contributed by atoms with Crippen molar-refractivity contribution < 1.29 is 26.3 Å². The lowest BCUT2D eigenvalue weighted by Gasteiger charge is -2.35. The Kier molecular flexibility index (Phi) is 4.70. The number of halogens is 7. The van der Waals surface area contributed by atoms with Crippen LogP contribution in [0.4, 0.5) is 26.3 Å². The molecule has 138 valence electrons. The summed E-state index contributed by atoms with van der Waals surface area (Å²) in [7, 11) is 0. The molecule has 0 radical (unpaired) electrons. The molecule has 1 aromatic heterocycles. The van der Waals surface area contributed by atoms with Crippen LogP contribution in [-0.4, -0.2) is 33.4 Å². The lowest BCUT2D eigenvalue weighted by atomic mass is 10.0. The van der Waals surface area contributed by atoms with Crippen molar-refractivity contribution in [1.29, 1.82) is 0 Å². The molecule has 0 N–H and O–H groups in total. The Balaban J connectivity index is 2.11. The number of aliphatic imine (C=N–C) groups is 1.